The molecule has 0 unspecified atom stereocenters. The van der Waals surface area contributed by atoms with Gasteiger partial charge >= 0.3 is 0 Å². The fourth-order valence-corrected chi connectivity index (χ4v) is 1.21. The second-order valence-electron chi connectivity index (χ2n) is 1.70. The molecule has 1 rings (SSSR count). The first-order valence-corrected chi connectivity index (χ1v) is 3.69. The maximum atomic E-state index is 4.86. The normalized spacial score (nSPS) is 9.80. The molecule has 0 aromatic carbocycles. The highest BCUT2D eigenvalue weighted by Gasteiger charge is 2.00. The number of nitrogens with one attached hydrogen (secondary N) is 1. The lowest BCUT2D eigenvalue weighted by Gasteiger charge is -1.87. The Labute approximate surface area is 63.2 Å². The summed E-state index contributed by atoms with van der Waals surface area (Å²) >= 11 is 1.45. The van der Waals surface area contributed by atoms with E-state index in [4.69, 9.17) is 4.74 Å². The van der Waals surface area contributed by atoms with Gasteiger partial charge in [0.2, 0.25) is 0 Å². The summed E-state index contributed by atoms with van der Waals surface area (Å²) < 4.78 is 4.86. The van der Waals surface area contributed by atoms with E-state index in [0.717, 1.165) is 11.6 Å². The number of aromatic nitrogens is 2. The van der Waals surface area contributed by atoms with Gasteiger partial charge in [-0.3, -0.25) is 0 Å². The van der Waals surface area contributed by atoms with Crippen LogP contribution in [0.1, 0.15) is 5.01 Å². The van der Waals surface area contributed by atoms with Crippen LogP contribution in [0.4, 0.5) is 0 Å². The lowest BCUT2D eigenvalue weighted by atomic mass is 10.7. The molecule has 0 amide bonds. The van der Waals surface area contributed by atoms with Crippen molar-refractivity contribution in [2.45, 2.75) is 6.54 Å². The smallest absolute Gasteiger partial charge is 0.293 e. The Hall–Kier alpha value is -0.680. The second kappa shape index (κ2) is 3.48. The predicted molar refractivity (Wildman–Crippen MR) is 39.2 cm³/mol. The Kier molecular flexibility index (Phi) is 2.58. The largest absolute Gasteiger partial charge is 0.472 e. The first-order valence-electron chi connectivity index (χ1n) is 2.87. The zero-order chi connectivity index (χ0) is 7.40. The zero-order valence-corrected chi connectivity index (χ0v) is 6.73. The van der Waals surface area contributed by atoms with Gasteiger partial charge in [-0.2, -0.15) is 0 Å². The van der Waals surface area contributed by atoms with Crippen molar-refractivity contribution in [1.29, 1.82) is 0 Å². The van der Waals surface area contributed by atoms with Crippen LogP contribution in [-0.2, 0) is 6.54 Å². The molecule has 0 saturated carbocycles. The maximum Gasteiger partial charge on any atom is 0.293 e. The molecular formula is C5H9N3OS. The standard InChI is InChI=1S/C5H9N3OS/c1-6-3-4-7-8-5(9-2)10-4/h6H,3H2,1-2H3. The summed E-state index contributed by atoms with van der Waals surface area (Å²) in [6, 6.07) is 0. The Balaban J connectivity index is 2.59. The van der Waals surface area contributed by atoms with Crippen molar-refractivity contribution in [2.24, 2.45) is 0 Å². The Bertz CT molecular complexity index is 201. The average molecular weight is 159 g/mol. The maximum absolute atomic E-state index is 4.86. The third-order valence-electron chi connectivity index (χ3n) is 0.951. The lowest BCUT2D eigenvalue weighted by molar-refractivity contribution is 0.407. The Morgan fingerprint density at radius 2 is 2.40 bits per heavy atom. The monoisotopic (exact) mass is 159 g/mol. The lowest BCUT2D eigenvalue weighted by Crippen LogP contribution is -2.04. The molecular weight excluding hydrogens is 150 g/mol. The summed E-state index contributed by atoms with van der Waals surface area (Å²) in [5, 5.41) is 12.2. The molecule has 0 saturated heterocycles. The zero-order valence-electron chi connectivity index (χ0n) is 5.92. The molecule has 1 heterocycles. The van der Waals surface area contributed by atoms with Crippen molar-refractivity contribution < 1.29 is 4.74 Å². The number of methoxy groups -OCH3 is 1. The van der Waals surface area contributed by atoms with Crippen molar-refractivity contribution in [2.75, 3.05) is 14.2 Å². The van der Waals surface area contributed by atoms with Crippen LogP contribution < -0.4 is 10.1 Å². The molecule has 1 N–H and O–H groups in total. The van der Waals surface area contributed by atoms with Crippen molar-refractivity contribution in [3.05, 3.63) is 5.01 Å². The number of rotatable bonds is 3. The van der Waals surface area contributed by atoms with Crippen LogP contribution in [0, 0.1) is 0 Å². The molecule has 5 heteroatoms. The van der Waals surface area contributed by atoms with Crippen molar-refractivity contribution in [3.8, 4) is 5.19 Å². The summed E-state index contributed by atoms with van der Waals surface area (Å²) in [7, 11) is 3.46. The minimum absolute atomic E-state index is 0.616. The van der Waals surface area contributed by atoms with Crippen LogP contribution in [-0.4, -0.2) is 24.4 Å². The first-order chi connectivity index (χ1) is 4.86. The molecule has 0 bridgehead atoms. The summed E-state index contributed by atoms with van der Waals surface area (Å²) in [5.74, 6) is 0. The molecule has 10 heavy (non-hydrogen) atoms. The molecule has 0 fully saturated rings. The van der Waals surface area contributed by atoms with Crippen LogP contribution in [0.2, 0.25) is 0 Å². The van der Waals surface area contributed by atoms with E-state index in [1.165, 1.54) is 11.3 Å². The number of hydrogen-bond donors (Lipinski definition) is 1. The van der Waals surface area contributed by atoms with E-state index in [9.17, 15) is 0 Å². The Morgan fingerprint density at radius 1 is 1.60 bits per heavy atom. The van der Waals surface area contributed by atoms with Crippen molar-refractivity contribution in [1.82, 2.24) is 15.5 Å². The molecule has 4 nitrogen and oxygen atoms in total. The van der Waals surface area contributed by atoms with Gasteiger partial charge < -0.3 is 10.1 Å². The highest BCUT2D eigenvalue weighted by molar-refractivity contribution is 7.13. The van der Waals surface area contributed by atoms with Crippen molar-refractivity contribution in [3.63, 3.8) is 0 Å². The highest BCUT2D eigenvalue weighted by atomic mass is 32.1. The molecule has 0 aliphatic heterocycles. The van der Waals surface area contributed by atoms with E-state index in [0.29, 0.717) is 5.19 Å². The third-order valence-corrected chi connectivity index (χ3v) is 1.84. The molecule has 56 valence electrons. The van der Waals surface area contributed by atoms with Crippen LogP contribution >= 0.6 is 11.3 Å². The van der Waals surface area contributed by atoms with Gasteiger partial charge in [-0.1, -0.05) is 11.3 Å². The van der Waals surface area contributed by atoms with Crippen LogP contribution in [0.3, 0.4) is 0 Å². The van der Waals surface area contributed by atoms with Gasteiger partial charge in [-0.25, -0.2) is 0 Å². The Morgan fingerprint density at radius 3 is 2.90 bits per heavy atom. The summed E-state index contributed by atoms with van der Waals surface area (Å²) in [6.07, 6.45) is 0. The van der Waals surface area contributed by atoms with Gasteiger partial charge in [0.15, 0.2) is 0 Å². The van der Waals surface area contributed by atoms with Crippen LogP contribution in [0.5, 0.6) is 5.19 Å². The predicted octanol–water partition coefficient (Wildman–Crippen LogP) is 0.266. The highest BCUT2D eigenvalue weighted by Crippen LogP contribution is 2.15. The van der Waals surface area contributed by atoms with Gasteiger partial charge in [0.25, 0.3) is 5.19 Å². The molecule has 0 radical (unpaired) electrons. The molecule has 0 atom stereocenters. The average Bonchev–Trinajstić information content (AvgIpc) is 2.37. The van der Waals surface area contributed by atoms with Crippen LogP contribution in [0.25, 0.3) is 0 Å². The van der Waals surface area contributed by atoms with E-state index >= 15 is 0 Å². The summed E-state index contributed by atoms with van der Waals surface area (Å²) in [6.45, 7) is 0.751. The van der Waals surface area contributed by atoms with E-state index in [1.54, 1.807) is 7.11 Å². The van der Waals surface area contributed by atoms with E-state index in [-0.39, 0.29) is 0 Å². The van der Waals surface area contributed by atoms with Gasteiger partial charge in [0, 0.05) is 6.54 Å². The SMILES string of the molecule is CNCc1nnc(OC)s1. The van der Waals surface area contributed by atoms with Gasteiger partial charge in [-0.05, 0) is 7.05 Å². The molecule has 0 spiro atoms. The second-order valence-corrected chi connectivity index (χ2v) is 2.72. The van der Waals surface area contributed by atoms with Crippen molar-refractivity contribution >= 4 is 11.3 Å². The minimum Gasteiger partial charge on any atom is -0.472 e. The summed E-state index contributed by atoms with van der Waals surface area (Å²) in [4.78, 5) is 0. The number of ether oxygens (including phenoxy) is 1. The molecule has 0 aliphatic rings. The number of nitrogens with zero attached hydrogens (tertiary/aromatic N) is 2. The third kappa shape index (κ3) is 1.65. The topological polar surface area (TPSA) is 47.0 Å². The summed E-state index contributed by atoms with van der Waals surface area (Å²) in [5.41, 5.74) is 0. The first kappa shape index (κ1) is 7.43. The quantitative estimate of drug-likeness (QED) is 0.687. The van der Waals surface area contributed by atoms with E-state index < -0.39 is 0 Å². The van der Waals surface area contributed by atoms with Gasteiger partial charge in [0.1, 0.15) is 5.01 Å². The molecule has 1 aromatic heterocycles. The van der Waals surface area contributed by atoms with Crippen LogP contribution in [0.15, 0.2) is 0 Å². The minimum atomic E-state index is 0.616. The molecule has 1 aromatic rings. The van der Waals surface area contributed by atoms with Gasteiger partial charge in [-0.15, -0.1) is 10.2 Å². The van der Waals surface area contributed by atoms with E-state index in [2.05, 4.69) is 15.5 Å². The fourth-order valence-electron chi connectivity index (χ4n) is 0.543. The van der Waals surface area contributed by atoms with E-state index in [1.807, 2.05) is 7.05 Å². The molecule has 0 aliphatic carbocycles. The van der Waals surface area contributed by atoms with Gasteiger partial charge in [0.05, 0.1) is 7.11 Å². The fraction of sp³-hybridized carbons (Fsp3) is 0.600. The number of hydrogen-bond acceptors (Lipinski definition) is 5.